The molecule has 0 bridgehead atoms. The summed E-state index contributed by atoms with van der Waals surface area (Å²) in [4.78, 5) is 24.6. The molecule has 6 heteroatoms. The highest BCUT2D eigenvalue weighted by Gasteiger charge is 2.18. The predicted octanol–water partition coefficient (Wildman–Crippen LogP) is 3.31. The average molecular weight is 382 g/mol. The van der Waals surface area contributed by atoms with Gasteiger partial charge in [-0.05, 0) is 62.6 Å². The number of hydrogen-bond acceptors (Lipinski definition) is 4. The van der Waals surface area contributed by atoms with E-state index >= 15 is 0 Å². The first-order valence-electron chi connectivity index (χ1n) is 9.56. The van der Waals surface area contributed by atoms with Crippen LogP contribution in [0.1, 0.15) is 35.7 Å². The van der Waals surface area contributed by atoms with Crippen LogP contribution in [0, 0.1) is 6.92 Å². The number of benzene rings is 2. The Morgan fingerprint density at radius 3 is 2.61 bits per heavy atom. The third kappa shape index (κ3) is 5.33. The van der Waals surface area contributed by atoms with Gasteiger partial charge in [-0.15, -0.1) is 0 Å². The lowest BCUT2D eigenvalue weighted by Gasteiger charge is -2.16. The Kier molecular flexibility index (Phi) is 6.66. The molecule has 0 saturated carbocycles. The Balaban J connectivity index is 1.50. The molecular weight excluding hydrogens is 356 g/mol. The summed E-state index contributed by atoms with van der Waals surface area (Å²) in [6.07, 6.45) is 1.49. The SMILES string of the molecule is Cc1ccccc1OC(C)C(=O)Nc1ccc(C(=O)NCC2CCCO2)cc1. The van der Waals surface area contributed by atoms with E-state index in [4.69, 9.17) is 9.47 Å². The molecule has 2 aromatic rings. The lowest BCUT2D eigenvalue weighted by atomic mass is 10.1. The molecule has 2 aromatic carbocycles. The fraction of sp³-hybridized carbons (Fsp3) is 0.364. The van der Waals surface area contributed by atoms with E-state index in [-0.39, 0.29) is 17.9 Å². The number of ether oxygens (including phenoxy) is 2. The minimum atomic E-state index is -0.643. The van der Waals surface area contributed by atoms with Gasteiger partial charge in [-0.2, -0.15) is 0 Å². The Labute approximate surface area is 165 Å². The Morgan fingerprint density at radius 2 is 1.93 bits per heavy atom. The van der Waals surface area contributed by atoms with E-state index in [0.717, 1.165) is 25.0 Å². The number of carbonyl (C=O) groups excluding carboxylic acids is 2. The second-order valence-corrected chi connectivity index (χ2v) is 6.94. The standard InChI is InChI=1S/C22H26N2O4/c1-15-6-3-4-8-20(15)28-16(2)21(25)24-18-11-9-17(10-12-18)22(26)23-14-19-7-5-13-27-19/h3-4,6,8-12,16,19H,5,7,13-14H2,1-2H3,(H,23,26)(H,24,25). The molecule has 0 radical (unpaired) electrons. The molecule has 1 aliphatic rings. The van der Waals surface area contributed by atoms with Crippen LogP contribution in [0.15, 0.2) is 48.5 Å². The molecule has 0 aromatic heterocycles. The lowest BCUT2D eigenvalue weighted by molar-refractivity contribution is -0.122. The van der Waals surface area contributed by atoms with Crippen molar-refractivity contribution in [3.05, 3.63) is 59.7 Å². The highest BCUT2D eigenvalue weighted by Crippen LogP contribution is 2.18. The van der Waals surface area contributed by atoms with Gasteiger partial charge in [0.2, 0.25) is 0 Å². The molecule has 6 nitrogen and oxygen atoms in total. The zero-order valence-electron chi connectivity index (χ0n) is 16.2. The first-order chi connectivity index (χ1) is 13.5. The number of nitrogens with one attached hydrogen (secondary N) is 2. The third-order valence-electron chi connectivity index (χ3n) is 4.70. The second kappa shape index (κ2) is 9.37. The fourth-order valence-electron chi connectivity index (χ4n) is 3.00. The van der Waals surface area contributed by atoms with Gasteiger partial charge in [0.25, 0.3) is 11.8 Å². The number of carbonyl (C=O) groups is 2. The zero-order valence-corrected chi connectivity index (χ0v) is 16.2. The van der Waals surface area contributed by atoms with Gasteiger partial charge in [-0.1, -0.05) is 18.2 Å². The van der Waals surface area contributed by atoms with Gasteiger partial charge in [-0.3, -0.25) is 9.59 Å². The summed E-state index contributed by atoms with van der Waals surface area (Å²) in [6, 6.07) is 14.4. The molecule has 0 spiro atoms. The van der Waals surface area contributed by atoms with Crippen LogP contribution in [-0.4, -0.2) is 37.2 Å². The van der Waals surface area contributed by atoms with Gasteiger partial charge in [0, 0.05) is 24.4 Å². The molecule has 28 heavy (non-hydrogen) atoms. The van der Waals surface area contributed by atoms with Crippen LogP contribution >= 0.6 is 0 Å². The van der Waals surface area contributed by atoms with Crippen LogP contribution < -0.4 is 15.4 Å². The molecule has 1 aliphatic heterocycles. The Bertz CT molecular complexity index is 814. The van der Waals surface area contributed by atoms with E-state index in [1.165, 1.54) is 0 Å². The van der Waals surface area contributed by atoms with Crippen LogP contribution in [0.4, 0.5) is 5.69 Å². The molecule has 0 aliphatic carbocycles. The largest absolute Gasteiger partial charge is 0.481 e. The maximum atomic E-state index is 12.4. The normalized spacial score (nSPS) is 17.0. The van der Waals surface area contributed by atoms with Gasteiger partial charge in [-0.25, -0.2) is 0 Å². The number of rotatable bonds is 7. The smallest absolute Gasteiger partial charge is 0.265 e. The number of anilines is 1. The molecule has 2 amide bonds. The summed E-state index contributed by atoms with van der Waals surface area (Å²) in [7, 11) is 0. The molecule has 2 N–H and O–H groups in total. The van der Waals surface area contributed by atoms with Crippen LogP contribution in [0.5, 0.6) is 5.75 Å². The van der Waals surface area contributed by atoms with Crippen molar-refractivity contribution in [1.82, 2.24) is 5.32 Å². The van der Waals surface area contributed by atoms with Crippen molar-refractivity contribution in [3.63, 3.8) is 0 Å². The van der Waals surface area contributed by atoms with Crippen LogP contribution in [0.25, 0.3) is 0 Å². The van der Waals surface area contributed by atoms with Crippen molar-refractivity contribution < 1.29 is 19.1 Å². The predicted molar refractivity (Wildman–Crippen MR) is 108 cm³/mol. The van der Waals surface area contributed by atoms with E-state index < -0.39 is 6.10 Å². The number of para-hydroxylation sites is 1. The van der Waals surface area contributed by atoms with Crippen molar-refractivity contribution >= 4 is 17.5 Å². The van der Waals surface area contributed by atoms with Gasteiger partial charge in [0.1, 0.15) is 5.75 Å². The van der Waals surface area contributed by atoms with Gasteiger partial charge >= 0.3 is 0 Å². The zero-order chi connectivity index (χ0) is 19.9. The maximum absolute atomic E-state index is 12.4. The third-order valence-corrected chi connectivity index (χ3v) is 4.70. The monoisotopic (exact) mass is 382 g/mol. The van der Waals surface area contributed by atoms with E-state index in [0.29, 0.717) is 23.5 Å². The van der Waals surface area contributed by atoms with Crippen LogP contribution in [-0.2, 0) is 9.53 Å². The van der Waals surface area contributed by atoms with Crippen molar-refractivity contribution in [2.75, 3.05) is 18.5 Å². The lowest BCUT2D eigenvalue weighted by Crippen LogP contribution is -2.32. The quantitative estimate of drug-likeness (QED) is 0.770. The highest BCUT2D eigenvalue weighted by molar-refractivity contribution is 5.96. The van der Waals surface area contributed by atoms with Gasteiger partial charge in [0.15, 0.2) is 6.10 Å². The average Bonchev–Trinajstić information content (AvgIpc) is 3.22. The van der Waals surface area contributed by atoms with Crippen molar-refractivity contribution in [2.24, 2.45) is 0 Å². The fourth-order valence-corrected chi connectivity index (χ4v) is 3.00. The Morgan fingerprint density at radius 1 is 1.18 bits per heavy atom. The first kappa shape index (κ1) is 19.9. The topological polar surface area (TPSA) is 76.7 Å². The summed E-state index contributed by atoms with van der Waals surface area (Å²) in [5.74, 6) is 0.284. The summed E-state index contributed by atoms with van der Waals surface area (Å²) in [5, 5.41) is 5.69. The first-order valence-corrected chi connectivity index (χ1v) is 9.56. The van der Waals surface area contributed by atoms with Gasteiger partial charge < -0.3 is 20.1 Å². The van der Waals surface area contributed by atoms with Gasteiger partial charge in [0.05, 0.1) is 6.10 Å². The minimum absolute atomic E-state index is 0.109. The minimum Gasteiger partial charge on any atom is -0.481 e. The summed E-state index contributed by atoms with van der Waals surface area (Å²) in [5.41, 5.74) is 2.13. The van der Waals surface area contributed by atoms with Crippen LogP contribution in [0.2, 0.25) is 0 Å². The molecule has 1 fully saturated rings. The second-order valence-electron chi connectivity index (χ2n) is 6.94. The molecule has 1 heterocycles. The number of aryl methyl sites for hydroxylation is 1. The summed E-state index contributed by atoms with van der Waals surface area (Å²) >= 11 is 0. The van der Waals surface area contributed by atoms with Crippen molar-refractivity contribution in [3.8, 4) is 5.75 Å². The molecule has 3 rings (SSSR count). The molecular formula is C22H26N2O4. The van der Waals surface area contributed by atoms with Crippen molar-refractivity contribution in [2.45, 2.75) is 38.9 Å². The molecule has 1 saturated heterocycles. The maximum Gasteiger partial charge on any atom is 0.265 e. The van der Waals surface area contributed by atoms with E-state index in [1.54, 1.807) is 31.2 Å². The number of amides is 2. The van der Waals surface area contributed by atoms with E-state index in [2.05, 4.69) is 10.6 Å². The van der Waals surface area contributed by atoms with E-state index in [1.807, 2.05) is 31.2 Å². The summed E-state index contributed by atoms with van der Waals surface area (Å²) < 4.78 is 11.2. The molecule has 2 unspecified atom stereocenters. The highest BCUT2D eigenvalue weighted by atomic mass is 16.5. The van der Waals surface area contributed by atoms with Crippen molar-refractivity contribution in [1.29, 1.82) is 0 Å². The summed E-state index contributed by atoms with van der Waals surface area (Å²) in [6.45, 7) is 4.92. The number of hydrogen-bond donors (Lipinski definition) is 2. The van der Waals surface area contributed by atoms with E-state index in [9.17, 15) is 9.59 Å². The van der Waals surface area contributed by atoms with Crippen LogP contribution in [0.3, 0.4) is 0 Å². The molecule has 148 valence electrons. The molecule has 2 atom stereocenters. The Hall–Kier alpha value is -2.86.